The summed E-state index contributed by atoms with van der Waals surface area (Å²) in [4.78, 5) is 0. The van der Waals surface area contributed by atoms with Crippen molar-refractivity contribution in [2.45, 2.75) is 51.0 Å². The zero-order valence-electron chi connectivity index (χ0n) is 10.8. The molecule has 2 unspecified atom stereocenters. The molecule has 1 nitrogen and oxygen atoms in total. The first-order chi connectivity index (χ1) is 8.17. The predicted octanol–water partition coefficient (Wildman–Crippen LogP) is 3.75. The molecule has 2 N–H and O–H groups in total. The Bertz CT molecular complexity index is 390. The third-order valence-corrected chi connectivity index (χ3v) is 4.74. The maximum atomic E-state index is 6.69. The van der Waals surface area contributed by atoms with Gasteiger partial charge in [0, 0.05) is 5.54 Å². The van der Waals surface area contributed by atoms with Gasteiger partial charge in [-0.15, -0.1) is 0 Å². The summed E-state index contributed by atoms with van der Waals surface area (Å²) in [5.74, 6) is 1.90. The standard InChI is InChI=1S/C16H23N/c1-12-4-8-15(9-5-12)16(17)10-2-3-14(11-16)13-6-7-13/h4-5,8-9,13-14H,2-3,6-7,10-11,17H2,1H3. The monoisotopic (exact) mass is 229 g/mol. The molecule has 2 aliphatic carbocycles. The smallest absolute Gasteiger partial charge is 0.0412 e. The number of rotatable bonds is 2. The van der Waals surface area contributed by atoms with E-state index in [-0.39, 0.29) is 5.54 Å². The highest BCUT2D eigenvalue weighted by Crippen LogP contribution is 2.48. The molecule has 0 heterocycles. The fraction of sp³-hybridized carbons (Fsp3) is 0.625. The van der Waals surface area contributed by atoms with Gasteiger partial charge in [0.2, 0.25) is 0 Å². The molecule has 1 aromatic carbocycles. The van der Waals surface area contributed by atoms with E-state index in [1.165, 1.54) is 49.7 Å². The molecule has 0 amide bonds. The van der Waals surface area contributed by atoms with E-state index < -0.39 is 0 Å². The highest BCUT2D eigenvalue weighted by Gasteiger charge is 2.40. The molecule has 0 bridgehead atoms. The van der Waals surface area contributed by atoms with Crippen molar-refractivity contribution in [3.63, 3.8) is 0 Å². The Hall–Kier alpha value is -0.820. The molecule has 1 aromatic rings. The normalized spacial score (nSPS) is 33.6. The summed E-state index contributed by atoms with van der Waals surface area (Å²) in [6.45, 7) is 2.14. The fourth-order valence-electron chi connectivity index (χ4n) is 3.47. The Morgan fingerprint density at radius 1 is 1.06 bits per heavy atom. The minimum absolute atomic E-state index is 0.0425. The van der Waals surface area contributed by atoms with Crippen LogP contribution in [0.1, 0.15) is 49.7 Å². The summed E-state index contributed by atoms with van der Waals surface area (Å²) >= 11 is 0. The minimum atomic E-state index is -0.0425. The zero-order chi connectivity index (χ0) is 11.9. The SMILES string of the molecule is Cc1ccc(C2(N)CCCC(C3CC3)C2)cc1. The summed E-state index contributed by atoms with van der Waals surface area (Å²) in [6, 6.07) is 8.88. The molecule has 1 heteroatoms. The number of aryl methyl sites for hydroxylation is 1. The van der Waals surface area contributed by atoms with Crippen molar-refractivity contribution in [1.82, 2.24) is 0 Å². The lowest BCUT2D eigenvalue weighted by atomic mass is 9.71. The highest BCUT2D eigenvalue weighted by atomic mass is 14.8. The summed E-state index contributed by atoms with van der Waals surface area (Å²) < 4.78 is 0. The van der Waals surface area contributed by atoms with Gasteiger partial charge in [-0.1, -0.05) is 42.7 Å². The topological polar surface area (TPSA) is 26.0 Å². The molecular weight excluding hydrogens is 206 g/mol. The van der Waals surface area contributed by atoms with Gasteiger partial charge in [0.15, 0.2) is 0 Å². The van der Waals surface area contributed by atoms with E-state index in [4.69, 9.17) is 5.73 Å². The van der Waals surface area contributed by atoms with Gasteiger partial charge in [0.25, 0.3) is 0 Å². The van der Waals surface area contributed by atoms with Crippen LogP contribution < -0.4 is 5.73 Å². The van der Waals surface area contributed by atoms with E-state index in [1.807, 2.05) is 0 Å². The largest absolute Gasteiger partial charge is 0.321 e. The van der Waals surface area contributed by atoms with Gasteiger partial charge in [0.05, 0.1) is 0 Å². The van der Waals surface area contributed by atoms with Crippen molar-refractivity contribution in [2.75, 3.05) is 0 Å². The van der Waals surface area contributed by atoms with E-state index in [0.717, 1.165) is 11.8 Å². The number of hydrogen-bond acceptors (Lipinski definition) is 1. The zero-order valence-corrected chi connectivity index (χ0v) is 10.8. The van der Waals surface area contributed by atoms with Crippen molar-refractivity contribution in [2.24, 2.45) is 17.6 Å². The van der Waals surface area contributed by atoms with Crippen LogP contribution in [0.15, 0.2) is 24.3 Å². The van der Waals surface area contributed by atoms with Crippen LogP contribution in [0.5, 0.6) is 0 Å². The quantitative estimate of drug-likeness (QED) is 0.821. The maximum Gasteiger partial charge on any atom is 0.0412 e. The van der Waals surface area contributed by atoms with Crippen molar-refractivity contribution in [3.8, 4) is 0 Å². The lowest BCUT2D eigenvalue weighted by molar-refractivity contribution is 0.206. The van der Waals surface area contributed by atoms with Crippen LogP contribution in [-0.2, 0) is 5.54 Å². The second-order valence-electron chi connectivity index (χ2n) is 6.22. The predicted molar refractivity (Wildman–Crippen MR) is 71.7 cm³/mol. The Balaban J connectivity index is 1.81. The van der Waals surface area contributed by atoms with Crippen LogP contribution in [0.2, 0.25) is 0 Å². The van der Waals surface area contributed by atoms with Crippen LogP contribution >= 0.6 is 0 Å². The highest BCUT2D eigenvalue weighted by molar-refractivity contribution is 5.28. The number of hydrogen-bond donors (Lipinski definition) is 1. The number of nitrogens with two attached hydrogens (primary N) is 1. The Morgan fingerprint density at radius 2 is 1.76 bits per heavy atom. The van der Waals surface area contributed by atoms with E-state index in [2.05, 4.69) is 31.2 Å². The van der Waals surface area contributed by atoms with Crippen LogP contribution in [0.4, 0.5) is 0 Å². The van der Waals surface area contributed by atoms with Gasteiger partial charge in [-0.2, -0.15) is 0 Å². The molecule has 17 heavy (non-hydrogen) atoms. The summed E-state index contributed by atoms with van der Waals surface area (Å²) in [5.41, 5.74) is 9.32. The molecule has 2 atom stereocenters. The third kappa shape index (κ3) is 2.26. The molecule has 0 spiro atoms. The number of benzene rings is 1. The second kappa shape index (κ2) is 4.13. The summed E-state index contributed by atoms with van der Waals surface area (Å²) in [7, 11) is 0. The molecular formula is C16H23N. The van der Waals surface area contributed by atoms with Gasteiger partial charge in [0.1, 0.15) is 0 Å². The van der Waals surface area contributed by atoms with E-state index in [1.54, 1.807) is 0 Å². The van der Waals surface area contributed by atoms with Gasteiger partial charge in [-0.3, -0.25) is 0 Å². The Morgan fingerprint density at radius 3 is 2.41 bits per heavy atom. The Labute approximate surface area is 104 Å². The van der Waals surface area contributed by atoms with Crippen molar-refractivity contribution >= 4 is 0 Å². The molecule has 0 radical (unpaired) electrons. The Kier molecular flexibility index (Phi) is 2.74. The average molecular weight is 229 g/mol. The lowest BCUT2D eigenvalue weighted by Gasteiger charge is -2.38. The molecule has 0 saturated heterocycles. The average Bonchev–Trinajstić information content (AvgIpc) is 3.13. The molecule has 2 fully saturated rings. The first-order valence-corrected chi connectivity index (χ1v) is 7.03. The third-order valence-electron chi connectivity index (χ3n) is 4.74. The molecule has 0 aromatic heterocycles. The van der Waals surface area contributed by atoms with E-state index in [0.29, 0.717) is 0 Å². The van der Waals surface area contributed by atoms with Crippen molar-refractivity contribution in [1.29, 1.82) is 0 Å². The molecule has 2 aliphatic rings. The molecule has 3 rings (SSSR count). The lowest BCUT2D eigenvalue weighted by Crippen LogP contribution is -2.41. The van der Waals surface area contributed by atoms with E-state index >= 15 is 0 Å². The fourth-order valence-corrected chi connectivity index (χ4v) is 3.47. The van der Waals surface area contributed by atoms with Crippen molar-refractivity contribution < 1.29 is 0 Å². The van der Waals surface area contributed by atoms with Crippen LogP contribution in [0.25, 0.3) is 0 Å². The first kappa shape index (κ1) is 11.3. The van der Waals surface area contributed by atoms with E-state index in [9.17, 15) is 0 Å². The van der Waals surface area contributed by atoms with Crippen molar-refractivity contribution in [3.05, 3.63) is 35.4 Å². The summed E-state index contributed by atoms with van der Waals surface area (Å²) in [6.07, 6.45) is 8.00. The van der Waals surface area contributed by atoms with Gasteiger partial charge in [-0.05, 0) is 50.0 Å². The van der Waals surface area contributed by atoms with Crippen LogP contribution in [0, 0.1) is 18.8 Å². The first-order valence-electron chi connectivity index (χ1n) is 7.03. The van der Waals surface area contributed by atoms with Gasteiger partial charge < -0.3 is 5.73 Å². The van der Waals surface area contributed by atoms with Crippen LogP contribution in [0.3, 0.4) is 0 Å². The summed E-state index contributed by atoms with van der Waals surface area (Å²) in [5, 5.41) is 0. The van der Waals surface area contributed by atoms with Gasteiger partial charge in [-0.25, -0.2) is 0 Å². The molecule has 0 aliphatic heterocycles. The maximum absolute atomic E-state index is 6.69. The molecule has 2 saturated carbocycles. The van der Waals surface area contributed by atoms with Gasteiger partial charge >= 0.3 is 0 Å². The van der Waals surface area contributed by atoms with Crippen LogP contribution in [-0.4, -0.2) is 0 Å². The second-order valence-corrected chi connectivity index (χ2v) is 6.22. The minimum Gasteiger partial charge on any atom is -0.321 e. The molecule has 92 valence electrons.